The molecular formula is C56H33N3S. The van der Waals surface area contributed by atoms with Crippen LogP contribution >= 0.6 is 11.8 Å². The van der Waals surface area contributed by atoms with E-state index in [0.29, 0.717) is 0 Å². The molecule has 11 aromatic rings. The van der Waals surface area contributed by atoms with Crippen LogP contribution in [0.4, 0.5) is 0 Å². The van der Waals surface area contributed by atoms with Gasteiger partial charge in [0.2, 0.25) is 0 Å². The summed E-state index contributed by atoms with van der Waals surface area (Å²) in [6, 6.07) is 72.4. The third-order valence-corrected chi connectivity index (χ3v) is 13.9. The van der Waals surface area contributed by atoms with Crippen molar-refractivity contribution >= 4 is 55.2 Å². The normalized spacial score (nSPS) is 13.4. The van der Waals surface area contributed by atoms with Gasteiger partial charge in [0.05, 0.1) is 39.0 Å². The van der Waals surface area contributed by atoms with Crippen molar-refractivity contribution in [2.24, 2.45) is 0 Å². The van der Waals surface area contributed by atoms with E-state index in [4.69, 9.17) is 15.0 Å². The minimum atomic E-state index is -0.453. The fraction of sp³-hybridized carbons (Fsp3) is 0.0179. The lowest BCUT2D eigenvalue weighted by Gasteiger charge is -2.40. The fourth-order valence-electron chi connectivity index (χ4n) is 10.1. The van der Waals surface area contributed by atoms with Crippen LogP contribution < -0.4 is 0 Å². The lowest BCUT2D eigenvalue weighted by molar-refractivity contribution is 0.726. The van der Waals surface area contributed by atoms with E-state index in [9.17, 15) is 0 Å². The fourth-order valence-corrected chi connectivity index (χ4v) is 11.4. The molecule has 8 aromatic carbocycles. The van der Waals surface area contributed by atoms with E-state index in [-0.39, 0.29) is 0 Å². The van der Waals surface area contributed by atoms with Crippen molar-refractivity contribution in [3.05, 3.63) is 222 Å². The minimum Gasteiger partial charge on any atom is -0.247 e. The van der Waals surface area contributed by atoms with Crippen LogP contribution in [0.1, 0.15) is 22.3 Å². The van der Waals surface area contributed by atoms with Gasteiger partial charge in [-0.3, -0.25) is 0 Å². The van der Waals surface area contributed by atoms with Gasteiger partial charge in [0.1, 0.15) is 0 Å². The zero-order chi connectivity index (χ0) is 39.4. The maximum Gasteiger partial charge on any atom is 0.0972 e. The number of hydrogen-bond donors (Lipinski definition) is 0. The van der Waals surface area contributed by atoms with Crippen LogP contribution in [-0.2, 0) is 5.41 Å². The summed E-state index contributed by atoms with van der Waals surface area (Å²) in [5.74, 6) is 0. The molecule has 0 unspecified atom stereocenters. The van der Waals surface area contributed by atoms with Gasteiger partial charge in [0.25, 0.3) is 0 Å². The van der Waals surface area contributed by atoms with Gasteiger partial charge in [-0.1, -0.05) is 182 Å². The summed E-state index contributed by atoms with van der Waals surface area (Å²) in [5.41, 5.74) is 16.3. The van der Waals surface area contributed by atoms with E-state index < -0.39 is 5.41 Å². The summed E-state index contributed by atoms with van der Waals surface area (Å²) in [7, 11) is 0. The molecule has 0 atom stereocenters. The Bertz CT molecular complexity index is 3550. The Morgan fingerprint density at radius 1 is 0.383 bits per heavy atom. The number of hydrogen-bond acceptors (Lipinski definition) is 4. The minimum absolute atomic E-state index is 0.453. The lowest BCUT2D eigenvalue weighted by Crippen LogP contribution is -2.32. The van der Waals surface area contributed by atoms with Crippen LogP contribution in [0.25, 0.3) is 88.4 Å². The molecule has 4 heteroatoms. The molecule has 4 heterocycles. The Hall–Kier alpha value is -7.40. The molecule has 0 amide bonds. The summed E-state index contributed by atoms with van der Waals surface area (Å²) in [6.07, 6.45) is 0. The number of nitrogens with zero attached hydrogens (tertiary/aromatic N) is 3. The number of para-hydroxylation sites is 1. The molecule has 0 radical (unpaired) electrons. The highest BCUT2D eigenvalue weighted by Crippen LogP contribution is 2.63. The van der Waals surface area contributed by atoms with Gasteiger partial charge in [0, 0.05) is 53.4 Å². The summed E-state index contributed by atoms with van der Waals surface area (Å²) in [6.45, 7) is 0. The van der Waals surface area contributed by atoms with Crippen LogP contribution in [0, 0.1) is 0 Å². The Morgan fingerprint density at radius 2 is 0.967 bits per heavy atom. The monoisotopic (exact) mass is 779 g/mol. The molecule has 1 aliphatic carbocycles. The van der Waals surface area contributed by atoms with E-state index in [0.717, 1.165) is 71.9 Å². The van der Waals surface area contributed by atoms with Gasteiger partial charge < -0.3 is 0 Å². The Labute approximate surface area is 351 Å². The number of pyridine rings is 3. The van der Waals surface area contributed by atoms with E-state index in [2.05, 4.69) is 194 Å². The average Bonchev–Trinajstić information content (AvgIpc) is 3.61. The van der Waals surface area contributed by atoms with Gasteiger partial charge in [0.15, 0.2) is 0 Å². The highest BCUT2D eigenvalue weighted by atomic mass is 32.2. The van der Waals surface area contributed by atoms with E-state index in [1.807, 2.05) is 17.8 Å². The average molecular weight is 780 g/mol. The summed E-state index contributed by atoms with van der Waals surface area (Å²) in [4.78, 5) is 18.5. The van der Waals surface area contributed by atoms with E-state index >= 15 is 0 Å². The molecule has 3 nitrogen and oxygen atoms in total. The van der Waals surface area contributed by atoms with Crippen LogP contribution in [0.2, 0.25) is 0 Å². The SMILES string of the molecule is c1ccc(-c2ccc3ccc4ccc(-c5cccc(-c6nc7ccccc7c7c8c(ccc67)C6(c7ccccc7S8)c7ccccc7-c7ccccc76)c5)nc4c3n2)cc1. The van der Waals surface area contributed by atoms with Crippen molar-refractivity contribution in [1.29, 1.82) is 0 Å². The second kappa shape index (κ2) is 12.8. The Balaban J connectivity index is 1.03. The maximum atomic E-state index is 5.45. The lowest BCUT2D eigenvalue weighted by atomic mass is 9.67. The molecule has 2 aliphatic rings. The Morgan fingerprint density at radius 3 is 1.72 bits per heavy atom. The summed E-state index contributed by atoms with van der Waals surface area (Å²) >= 11 is 1.90. The molecule has 0 fully saturated rings. The van der Waals surface area contributed by atoms with Gasteiger partial charge in [-0.2, -0.15) is 0 Å². The molecule has 3 aromatic heterocycles. The van der Waals surface area contributed by atoms with Crippen LogP contribution in [-0.4, -0.2) is 15.0 Å². The predicted octanol–water partition coefficient (Wildman–Crippen LogP) is 14.3. The van der Waals surface area contributed by atoms with E-state index in [1.165, 1.54) is 48.6 Å². The quantitative estimate of drug-likeness (QED) is 0.167. The van der Waals surface area contributed by atoms with Gasteiger partial charge >= 0.3 is 0 Å². The van der Waals surface area contributed by atoms with Gasteiger partial charge in [-0.05, 0) is 63.7 Å². The number of aromatic nitrogens is 3. The first-order valence-corrected chi connectivity index (χ1v) is 21.3. The second-order valence-electron chi connectivity index (χ2n) is 15.8. The molecule has 0 bridgehead atoms. The third kappa shape index (κ3) is 4.71. The van der Waals surface area contributed by atoms with Crippen molar-refractivity contribution in [1.82, 2.24) is 15.0 Å². The van der Waals surface area contributed by atoms with Crippen LogP contribution in [0.15, 0.2) is 210 Å². The van der Waals surface area contributed by atoms with Crippen molar-refractivity contribution in [2.75, 3.05) is 0 Å². The molecule has 0 saturated heterocycles. The first-order chi connectivity index (χ1) is 29.7. The molecular weight excluding hydrogens is 747 g/mol. The maximum absolute atomic E-state index is 5.45. The largest absolute Gasteiger partial charge is 0.247 e. The second-order valence-corrected chi connectivity index (χ2v) is 16.9. The molecule has 13 rings (SSSR count). The summed E-state index contributed by atoms with van der Waals surface area (Å²) < 4.78 is 0. The molecule has 0 saturated carbocycles. The van der Waals surface area contributed by atoms with Crippen LogP contribution in [0.5, 0.6) is 0 Å². The molecule has 1 spiro atoms. The number of fused-ring (bicyclic) bond motifs is 16. The smallest absolute Gasteiger partial charge is 0.0972 e. The Kier molecular flexibility index (Phi) is 7.16. The molecule has 278 valence electrons. The topological polar surface area (TPSA) is 38.7 Å². The standard InChI is InChI=1S/C56H33N3S/c1-2-13-34(14-3-1)47-31-27-35-25-26-36-28-32-48(58-54(36)53(35)57-47)37-15-12-16-38(33-37)52-42-29-30-46-55(51(42)41-19-6-10-23-49(41)59-52)60-50-24-11-9-22-45(50)56(46)43-20-7-4-17-39(43)40-18-5-8-21-44(40)56/h1-33H. The highest BCUT2D eigenvalue weighted by Gasteiger charge is 2.50. The molecule has 60 heavy (non-hydrogen) atoms. The molecule has 1 aliphatic heterocycles. The zero-order valence-electron chi connectivity index (χ0n) is 32.3. The van der Waals surface area contributed by atoms with Crippen molar-refractivity contribution in [3.8, 4) is 44.9 Å². The summed E-state index contributed by atoms with van der Waals surface area (Å²) in [5, 5.41) is 5.69. The van der Waals surface area contributed by atoms with E-state index in [1.54, 1.807) is 0 Å². The van der Waals surface area contributed by atoms with Gasteiger partial charge in [-0.25, -0.2) is 15.0 Å². The molecule has 0 N–H and O–H groups in total. The third-order valence-electron chi connectivity index (χ3n) is 12.7. The predicted molar refractivity (Wildman–Crippen MR) is 248 cm³/mol. The number of rotatable bonds is 3. The number of benzene rings is 8. The zero-order valence-corrected chi connectivity index (χ0v) is 33.1. The van der Waals surface area contributed by atoms with Crippen molar-refractivity contribution in [3.63, 3.8) is 0 Å². The van der Waals surface area contributed by atoms with Crippen molar-refractivity contribution < 1.29 is 0 Å². The first kappa shape index (κ1) is 33.6. The van der Waals surface area contributed by atoms with Crippen molar-refractivity contribution in [2.45, 2.75) is 15.2 Å². The highest BCUT2D eigenvalue weighted by molar-refractivity contribution is 7.99. The first-order valence-electron chi connectivity index (χ1n) is 20.4. The van der Waals surface area contributed by atoms with Gasteiger partial charge in [-0.15, -0.1) is 0 Å². The van der Waals surface area contributed by atoms with Crippen LogP contribution in [0.3, 0.4) is 0 Å².